The van der Waals surface area contributed by atoms with Crippen molar-refractivity contribution in [2.75, 3.05) is 12.0 Å². The Hall–Kier alpha value is -0.910. The SMILES string of the molecule is CCCC(NC(=O)CCSC)C(N)=NO. The van der Waals surface area contributed by atoms with Crippen molar-refractivity contribution in [1.29, 1.82) is 0 Å². The summed E-state index contributed by atoms with van der Waals surface area (Å²) < 4.78 is 0. The summed E-state index contributed by atoms with van der Waals surface area (Å²) in [7, 11) is 0. The second kappa shape index (κ2) is 8.40. The van der Waals surface area contributed by atoms with E-state index in [1.807, 2.05) is 13.2 Å². The van der Waals surface area contributed by atoms with Crippen LogP contribution in [-0.4, -0.2) is 35.0 Å². The molecule has 5 nitrogen and oxygen atoms in total. The van der Waals surface area contributed by atoms with Gasteiger partial charge >= 0.3 is 0 Å². The van der Waals surface area contributed by atoms with E-state index in [2.05, 4.69) is 10.5 Å². The Morgan fingerprint density at radius 3 is 2.80 bits per heavy atom. The second-order valence-corrected chi connectivity index (χ2v) is 4.16. The first kappa shape index (κ1) is 14.1. The summed E-state index contributed by atoms with van der Waals surface area (Å²) in [6, 6.07) is -0.352. The Labute approximate surface area is 94.5 Å². The number of thioether (sulfide) groups is 1. The monoisotopic (exact) mass is 233 g/mol. The van der Waals surface area contributed by atoms with Gasteiger partial charge in [-0.3, -0.25) is 4.79 Å². The summed E-state index contributed by atoms with van der Waals surface area (Å²) in [6.45, 7) is 1.98. The first-order chi connectivity index (χ1) is 7.15. The van der Waals surface area contributed by atoms with E-state index in [4.69, 9.17) is 10.9 Å². The van der Waals surface area contributed by atoms with Crippen molar-refractivity contribution in [3.63, 3.8) is 0 Å². The zero-order valence-corrected chi connectivity index (χ0v) is 10.0. The molecule has 0 rings (SSSR count). The highest BCUT2D eigenvalue weighted by molar-refractivity contribution is 7.98. The molecule has 15 heavy (non-hydrogen) atoms. The Kier molecular flexibility index (Phi) is 7.89. The van der Waals surface area contributed by atoms with Crippen LogP contribution in [0, 0.1) is 0 Å². The molecule has 0 saturated carbocycles. The van der Waals surface area contributed by atoms with Crippen LogP contribution in [0.25, 0.3) is 0 Å². The van der Waals surface area contributed by atoms with Crippen molar-refractivity contribution in [2.24, 2.45) is 10.9 Å². The summed E-state index contributed by atoms with van der Waals surface area (Å²) in [5.74, 6) is 0.782. The number of oxime groups is 1. The summed E-state index contributed by atoms with van der Waals surface area (Å²) in [5.41, 5.74) is 5.46. The number of hydrogen-bond acceptors (Lipinski definition) is 4. The molecule has 0 radical (unpaired) electrons. The van der Waals surface area contributed by atoms with E-state index in [-0.39, 0.29) is 17.8 Å². The molecule has 1 atom stereocenters. The van der Waals surface area contributed by atoms with Crippen LogP contribution in [0.5, 0.6) is 0 Å². The van der Waals surface area contributed by atoms with Gasteiger partial charge in [0.05, 0.1) is 6.04 Å². The third-order valence-corrected chi connectivity index (χ3v) is 2.53. The molecule has 0 aromatic carbocycles. The lowest BCUT2D eigenvalue weighted by Crippen LogP contribution is -2.44. The molecule has 1 unspecified atom stereocenters. The Morgan fingerprint density at radius 1 is 1.67 bits per heavy atom. The second-order valence-electron chi connectivity index (χ2n) is 3.18. The van der Waals surface area contributed by atoms with Gasteiger partial charge in [0.2, 0.25) is 5.91 Å². The number of nitrogens with zero attached hydrogens (tertiary/aromatic N) is 1. The van der Waals surface area contributed by atoms with Crippen LogP contribution < -0.4 is 11.1 Å². The van der Waals surface area contributed by atoms with E-state index >= 15 is 0 Å². The topological polar surface area (TPSA) is 87.7 Å². The molecule has 88 valence electrons. The molecule has 0 bridgehead atoms. The molecule has 1 amide bonds. The van der Waals surface area contributed by atoms with Crippen molar-refractivity contribution in [1.82, 2.24) is 5.32 Å². The summed E-state index contributed by atoms with van der Waals surface area (Å²) in [5, 5.41) is 14.2. The molecule has 4 N–H and O–H groups in total. The minimum absolute atomic E-state index is 0.0607. The van der Waals surface area contributed by atoms with Crippen LogP contribution in [-0.2, 0) is 4.79 Å². The molecule has 0 aromatic rings. The smallest absolute Gasteiger partial charge is 0.221 e. The van der Waals surface area contributed by atoms with Gasteiger partial charge in [0, 0.05) is 12.2 Å². The van der Waals surface area contributed by atoms with Crippen LogP contribution in [0.1, 0.15) is 26.2 Å². The highest BCUT2D eigenvalue weighted by Crippen LogP contribution is 2.00. The molecular formula is C9H19N3O2S. The normalized spacial score (nSPS) is 13.6. The van der Waals surface area contributed by atoms with Gasteiger partial charge < -0.3 is 16.3 Å². The highest BCUT2D eigenvalue weighted by atomic mass is 32.2. The number of carbonyl (C=O) groups excluding carboxylic acids is 1. The van der Waals surface area contributed by atoms with Crippen molar-refractivity contribution < 1.29 is 10.0 Å². The molecule has 0 aromatic heterocycles. The van der Waals surface area contributed by atoms with Crippen molar-refractivity contribution in [3.8, 4) is 0 Å². The Balaban J connectivity index is 4.10. The number of amides is 1. The van der Waals surface area contributed by atoms with E-state index in [0.29, 0.717) is 12.8 Å². The van der Waals surface area contributed by atoms with Crippen LogP contribution in [0.2, 0.25) is 0 Å². The van der Waals surface area contributed by atoms with Crippen LogP contribution in [0.3, 0.4) is 0 Å². The number of nitrogens with one attached hydrogen (secondary N) is 1. The fourth-order valence-corrected chi connectivity index (χ4v) is 1.50. The maximum Gasteiger partial charge on any atom is 0.221 e. The average Bonchev–Trinajstić information content (AvgIpc) is 2.24. The van der Waals surface area contributed by atoms with E-state index in [1.54, 1.807) is 11.8 Å². The minimum atomic E-state index is -0.352. The van der Waals surface area contributed by atoms with Crippen molar-refractivity contribution in [3.05, 3.63) is 0 Å². The van der Waals surface area contributed by atoms with E-state index < -0.39 is 0 Å². The molecule has 0 saturated heterocycles. The molecular weight excluding hydrogens is 214 g/mol. The van der Waals surface area contributed by atoms with Gasteiger partial charge in [-0.15, -0.1) is 0 Å². The maximum absolute atomic E-state index is 11.4. The number of hydrogen-bond donors (Lipinski definition) is 3. The lowest BCUT2D eigenvalue weighted by molar-refractivity contribution is -0.121. The van der Waals surface area contributed by atoms with E-state index in [1.165, 1.54) is 0 Å². The third-order valence-electron chi connectivity index (χ3n) is 1.92. The molecule has 0 fully saturated rings. The quantitative estimate of drug-likeness (QED) is 0.262. The standard InChI is InChI=1S/C9H19N3O2S/c1-3-4-7(9(10)12-14)11-8(13)5-6-15-2/h7,14H,3-6H2,1-2H3,(H2,10,12)(H,11,13). The van der Waals surface area contributed by atoms with Crippen LogP contribution in [0.4, 0.5) is 0 Å². The van der Waals surface area contributed by atoms with E-state index in [0.717, 1.165) is 12.2 Å². The summed E-state index contributed by atoms with van der Waals surface area (Å²) in [6.07, 6.45) is 3.95. The van der Waals surface area contributed by atoms with Crippen molar-refractivity contribution in [2.45, 2.75) is 32.2 Å². The van der Waals surface area contributed by atoms with Gasteiger partial charge in [-0.25, -0.2) is 0 Å². The minimum Gasteiger partial charge on any atom is -0.409 e. The predicted molar refractivity (Wildman–Crippen MR) is 63.2 cm³/mol. The molecule has 0 heterocycles. The third kappa shape index (κ3) is 6.22. The number of amidine groups is 1. The van der Waals surface area contributed by atoms with Gasteiger partial charge in [0.25, 0.3) is 0 Å². The summed E-state index contributed by atoms with van der Waals surface area (Å²) >= 11 is 1.61. The fraction of sp³-hybridized carbons (Fsp3) is 0.778. The zero-order valence-electron chi connectivity index (χ0n) is 9.19. The van der Waals surface area contributed by atoms with Gasteiger partial charge in [-0.05, 0) is 12.7 Å². The van der Waals surface area contributed by atoms with E-state index in [9.17, 15) is 4.79 Å². The number of nitrogens with two attached hydrogens (primary N) is 1. The highest BCUT2D eigenvalue weighted by Gasteiger charge is 2.15. The van der Waals surface area contributed by atoms with Crippen molar-refractivity contribution >= 4 is 23.5 Å². The molecule has 0 aliphatic heterocycles. The summed E-state index contributed by atoms with van der Waals surface area (Å²) in [4.78, 5) is 11.4. The average molecular weight is 233 g/mol. The molecule has 0 aliphatic carbocycles. The first-order valence-corrected chi connectivity index (χ1v) is 6.30. The lowest BCUT2D eigenvalue weighted by atomic mass is 10.1. The Morgan fingerprint density at radius 2 is 2.33 bits per heavy atom. The number of rotatable bonds is 7. The molecule has 6 heteroatoms. The van der Waals surface area contributed by atoms with Crippen LogP contribution in [0.15, 0.2) is 5.16 Å². The number of carbonyl (C=O) groups is 1. The van der Waals surface area contributed by atoms with Gasteiger partial charge in [0.1, 0.15) is 0 Å². The zero-order chi connectivity index (χ0) is 11.7. The van der Waals surface area contributed by atoms with Gasteiger partial charge in [0.15, 0.2) is 5.84 Å². The first-order valence-electron chi connectivity index (χ1n) is 4.91. The largest absolute Gasteiger partial charge is 0.409 e. The Bertz CT molecular complexity index is 221. The lowest BCUT2D eigenvalue weighted by Gasteiger charge is -2.16. The molecule has 0 aliphatic rings. The molecule has 0 spiro atoms. The predicted octanol–water partition coefficient (Wildman–Crippen LogP) is 0.771. The van der Waals surface area contributed by atoms with Gasteiger partial charge in [-0.1, -0.05) is 18.5 Å². The van der Waals surface area contributed by atoms with Gasteiger partial charge in [-0.2, -0.15) is 11.8 Å². The van der Waals surface area contributed by atoms with Crippen LogP contribution >= 0.6 is 11.8 Å². The maximum atomic E-state index is 11.4. The fourth-order valence-electron chi connectivity index (χ4n) is 1.11.